The van der Waals surface area contributed by atoms with Gasteiger partial charge in [-0.05, 0) is 53.7 Å². The normalized spacial score (nSPS) is 20.9. The summed E-state index contributed by atoms with van der Waals surface area (Å²) in [4.78, 5) is 15.5. The lowest BCUT2D eigenvalue weighted by Crippen LogP contribution is -2.44. The van der Waals surface area contributed by atoms with Gasteiger partial charge in [-0.25, -0.2) is 0 Å². The number of esters is 1. The first kappa shape index (κ1) is 14.0. The van der Waals surface area contributed by atoms with Gasteiger partial charge in [0.25, 0.3) is 0 Å². The molecule has 1 unspecified atom stereocenters. The number of nitrogens with zero attached hydrogens (tertiary/aromatic N) is 1. The maximum absolute atomic E-state index is 11.9. The number of ether oxygens (including phenoxy) is 1. The summed E-state index contributed by atoms with van der Waals surface area (Å²) in [5.74, 6) is -0.0649. The van der Waals surface area contributed by atoms with Crippen molar-refractivity contribution in [2.45, 2.75) is 38.8 Å². The van der Waals surface area contributed by atoms with E-state index in [1.54, 1.807) is 11.3 Å². The van der Waals surface area contributed by atoms with Gasteiger partial charge in [0, 0.05) is 15.9 Å². The van der Waals surface area contributed by atoms with E-state index in [1.807, 2.05) is 6.92 Å². The minimum atomic E-state index is -0.0649. The number of rotatable bonds is 4. The van der Waals surface area contributed by atoms with Crippen LogP contribution in [0.5, 0.6) is 0 Å². The zero-order valence-electron chi connectivity index (χ0n) is 10.5. The van der Waals surface area contributed by atoms with Gasteiger partial charge in [-0.15, -0.1) is 11.3 Å². The van der Waals surface area contributed by atoms with E-state index in [2.05, 4.69) is 32.3 Å². The first-order chi connectivity index (χ1) is 8.72. The van der Waals surface area contributed by atoms with Gasteiger partial charge < -0.3 is 4.74 Å². The van der Waals surface area contributed by atoms with Crippen LogP contribution in [0, 0.1) is 0 Å². The van der Waals surface area contributed by atoms with E-state index in [9.17, 15) is 4.79 Å². The third kappa shape index (κ3) is 3.33. The summed E-state index contributed by atoms with van der Waals surface area (Å²) in [7, 11) is 0. The Labute approximate surface area is 120 Å². The Morgan fingerprint density at radius 1 is 1.61 bits per heavy atom. The van der Waals surface area contributed by atoms with Crippen molar-refractivity contribution < 1.29 is 9.53 Å². The summed E-state index contributed by atoms with van der Waals surface area (Å²) in [5.41, 5.74) is 0. The van der Waals surface area contributed by atoms with Crippen LogP contribution < -0.4 is 0 Å². The average Bonchev–Trinajstić information content (AvgIpc) is 2.76. The maximum Gasteiger partial charge on any atom is 0.323 e. The molecule has 0 amide bonds. The number of thiophene rings is 1. The molecule has 0 saturated carbocycles. The fourth-order valence-electron chi connectivity index (χ4n) is 2.31. The molecular weight excluding hydrogens is 314 g/mol. The quantitative estimate of drug-likeness (QED) is 0.791. The molecule has 1 saturated heterocycles. The van der Waals surface area contributed by atoms with Crippen LogP contribution in [0.4, 0.5) is 0 Å². The molecule has 1 fully saturated rings. The maximum atomic E-state index is 11.9. The Bertz CT molecular complexity index is 407. The summed E-state index contributed by atoms with van der Waals surface area (Å²) in [5, 5.41) is 2.07. The predicted molar refractivity (Wildman–Crippen MR) is 76.7 cm³/mol. The van der Waals surface area contributed by atoms with Crippen molar-refractivity contribution in [1.82, 2.24) is 4.90 Å². The standard InChI is InChI=1S/C13H18BrNO2S/c1-2-17-13(16)11-5-3-4-7-15(11)9-12-10(14)6-8-18-12/h6,8,11H,2-5,7,9H2,1H3. The lowest BCUT2D eigenvalue weighted by Gasteiger charge is -2.33. The van der Waals surface area contributed by atoms with Gasteiger partial charge in [-0.2, -0.15) is 0 Å². The van der Waals surface area contributed by atoms with Crippen LogP contribution >= 0.6 is 27.3 Å². The molecule has 5 heteroatoms. The average molecular weight is 332 g/mol. The van der Waals surface area contributed by atoms with E-state index in [0.717, 1.165) is 30.4 Å². The van der Waals surface area contributed by atoms with Gasteiger partial charge in [0.15, 0.2) is 0 Å². The molecule has 0 spiro atoms. The first-order valence-electron chi connectivity index (χ1n) is 6.35. The highest BCUT2D eigenvalue weighted by atomic mass is 79.9. The highest BCUT2D eigenvalue weighted by molar-refractivity contribution is 9.10. The number of hydrogen-bond acceptors (Lipinski definition) is 4. The largest absolute Gasteiger partial charge is 0.465 e. The van der Waals surface area contributed by atoms with Crippen molar-refractivity contribution in [3.05, 3.63) is 20.8 Å². The summed E-state index contributed by atoms with van der Waals surface area (Å²) in [6.07, 6.45) is 3.20. The zero-order chi connectivity index (χ0) is 13.0. The van der Waals surface area contributed by atoms with Crippen molar-refractivity contribution in [3.8, 4) is 0 Å². The van der Waals surface area contributed by atoms with Crippen LogP contribution in [0.3, 0.4) is 0 Å². The van der Waals surface area contributed by atoms with Gasteiger partial charge in [0.05, 0.1) is 6.61 Å². The topological polar surface area (TPSA) is 29.5 Å². The molecule has 2 heterocycles. The van der Waals surface area contributed by atoms with E-state index in [1.165, 1.54) is 11.3 Å². The molecule has 1 aliphatic heterocycles. The van der Waals surface area contributed by atoms with Crippen LogP contribution in [0.15, 0.2) is 15.9 Å². The number of likely N-dealkylation sites (tertiary alicyclic amines) is 1. The van der Waals surface area contributed by atoms with Crippen molar-refractivity contribution >= 4 is 33.2 Å². The minimum Gasteiger partial charge on any atom is -0.465 e. The SMILES string of the molecule is CCOC(=O)C1CCCCN1Cc1sccc1Br. The van der Waals surface area contributed by atoms with Crippen LogP contribution in [-0.4, -0.2) is 30.1 Å². The van der Waals surface area contributed by atoms with Crippen LogP contribution in [0.25, 0.3) is 0 Å². The molecule has 100 valence electrons. The van der Waals surface area contributed by atoms with Crippen molar-refractivity contribution in [3.63, 3.8) is 0 Å². The summed E-state index contributed by atoms with van der Waals surface area (Å²) >= 11 is 5.28. The number of halogens is 1. The molecule has 1 aliphatic rings. The Balaban J connectivity index is 2.04. The molecule has 3 nitrogen and oxygen atoms in total. The molecule has 0 aliphatic carbocycles. The number of piperidine rings is 1. The highest BCUT2D eigenvalue weighted by Crippen LogP contribution is 2.27. The number of hydrogen-bond donors (Lipinski definition) is 0. The third-order valence-corrected chi connectivity index (χ3v) is 5.12. The lowest BCUT2D eigenvalue weighted by molar-refractivity contribution is -0.151. The predicted octanol–water partition coefficient (Wildman–Crippen LogP) is 3.43. The Hall–Kier alpha value is -0.390. The van der Waals surface area contributed by atoms with Crippen molar-refractivity contribution in [2.24, 2.45) is 0 Å². The molecule has 0 N–H and O–H groups in total. The molecule has 18 heavy (non-hydrogen) atoms. The minimum absolute atomic E-state index is 0.0623. The number of carbonyl (C=O) groups excluding carboxylic acids is 1. The van der Waals surface area contributed by atoms with Gasteiger partial charge in [0.1, 0.15) is 6.04 Å². The lowest BCUT2D eigenvalue weighted by atomic mass is 10.0. The smallest absolute Gasteiger partial charge is 0.323 e. The van der Waals surface area contributed by atoms with Gasteiger partial charge in [0.2, 0.25) is 0 Å². The van der Waals surface area contributed by atoms with Gasteiger partial charge in [-0.3, -0.25) is 9.69 Å². The molecule has 0 aromatic carbocycles. The monoisotopic (exact) mass is 331 g/mol. The zero-order valence-corrected chi connectivity index (χ0v) is 12.9. The molecule has 1 aromatic rings. The van der Waals surface area contributed by atoms with Crippen molar-refractivity contribution in [2.75, 3.05) is 13.2 Å². The molecule has 1 aromatic heterocycles. The van der Waals surface area contributed by atoms with Crippen LogP contribution in [0.1, 0.15) is 31.1 Å². The summed E-state index contributed by atoms with van der Waals surface area (Å²) < 4.78 is 6.31. The molecule has 2 rings (SSSR count). The second kappa shape index (κ2) is 6.68. The Morgan fingerprint density at radius 3 is 3.11 bits per heavy atom. The molecular formula is C13H18BrNO2S. The van der Waals surface area contributed by atoms with Crippen molar-refractivity contribution in [1.29, 1.82) is 0 Å². The second-order valence-corrected chi connectivity index (χ2v) is 6.28. The number of carbonyl (C=O) groups is 1. The van der Waals surface area contributed by atoms with Crippen LogP contribution in [0.2, 0.25) is 0 Å². The van der Waals surface area contributed by atoms with Gasteiger partial charge in [-0.1, -0.05) is 6.42 Å². The molecule has 0 radical (unpaired) electrons. The van der Waals surface area contributed by atoms with E-state index in [-0.39, 0.29) is 12.0 Å². The molecule has 0 bridgehead atoms. The third-order valence-electron chi connectivity index (χ3n) is 3.21. The fraction of sp³-hybridized carbons (Fsp3) is 0.615. The van der Waals surface area contributed by atoms with Gasteiger partial charge >= 0.3 is 5.97 Å². The first-order valence-corrected chi connectivity index (χ1v) is 8.02. The molecule has 1 atom stereocenters. The highest BCUT2D eigenvalue weighted by Gasteiger charge is 2.30. The van der Waals surface area contributed by atoms with E-state index >= 15 is 0 Å². The fourth-order valence-corrected chi connectivity index (χ4v) is 3.81. The summed E-state index contributed by atoms with van der Waals surface area (Å²) in [6, 6.07) is 2.00. The van der Waals surface area contributed by atoms with E-state index in [0.29, 0.717) is 6.61 Å². The van der Waals surface area contributed by atoms with Crippen LogP contribution in [-0.2, 0) is 16.1 Å². The Morgan fingerprint density at radius 2 is 2.44 bits per heavy atom. The van der Waals surface area contributed by atoms with E-state index in [4.69, 9.17) is 4.74 Å². The Kier molecular flexibility index (Phi) is 5.21. The van der Waals surface area contributed by atoms with E-state index < -0.39 is 0 Å². The summed E-state index contributed by atoms with van der Waals surface area (Å²) in [6.45, 7) is 4.14. The second-order valence-electron chi connectivity index (χ2n) is 4.43.